The van der Waals surface area contributed by atoms with Gasteiger partial charge in [0.2, 0.25) is 0 Å². The number of fused-ring (bicyclic) bond motifs is 2. The molecule has 5 nitrogen and oxygen atoms in total. The van der Waals surface area contributed by atoms with Crippen molar-refractivity contribution >= 4 is 5.97 Å². The van der Waals surface area contributed by atoms with E-state index in [1.54, 1.807) is 7.11 Å². The monoisotopic (exact) mass is 458 g/mol. The van der Waals surface area contributed by atoms with Crippen LogP contribution in [-0.2, 0) is 16.0 Å². The molecule has 2 atom stereocenters. The third kappa shape index (κ3) is 4.00. The molecule has 0 spiro atoms. The zero-order chi connectivity index (χ0) is 23.8. The molecule has 0 bridgehead atoms. The molecular formula is C29H30O5. The van der Waals surface area contributed by atoms with Crippen LogP contribution in [0.25, 0.3) is 11.1 Å². The fourth-order valence-corrected chi connectivity index (χ4v) is 5.39. The molecule has 0 N–H and O–H groups in total. The van der Waals surface area contributed by atoms with Gasteiger partial charge in [0.05, 0.1) is 27.2 Å². The molecule has 0 amide bonds. The van der Waals surface area contributed by atoms with Crippen molar-refractivity contribution < 1.29 is 23.7 Å². The smallest absolute Gasteiger partial charge is 0.306 e. The van der Waals surface area contributed by atoms with Crippen LogP contribution in [0.4, 0.5) is 0 Å². The third-order valence-electron chi connectivity index (χ3n) is 7.01. The first-order chi connectivity index (χ1) is 16.5. The highest BCUT2D eigenvalue weighted by Crippen LogP contribution is 2.44. The Morgan fingerprint density at radius 2 is 1.79 bits per heavy atom. The summed E-state index contributed by atoms with van der Waals surface area (Å²) in [6, 6.07) is 16.7. The Labute approximate surface area is 200 Å². The molecule has 34 heavy (non-hydrogen) atoms. The van der Waals surface area contributed by atoms with Crippen molar-refractivity contribution in [1.29, 1.82) is 0 Å². The third-order valence-corrected chi connectivity index (χ3v) is 7.01. The summed E-state index contributed by atoms with van der Waals surface area (Å²) in [6.45, 7) is 4.78. The van der Waals surface area contributed by atoms with Gasteiger partial charge in [-0.1, -0.05) is 24.3 Å². The summed E-state index contributed by atoms with van der Waals surface area (Å²) in [7, 11) is 3.12. The van der Waals surface area contributed by atoms with Gasteiger partial charge in [-0.25, -0.2) is 0 Å². The van der Waals surface area contributed by atoms with Gasteiger partial charge in [-0.3, -0.25) is 4.79 Å². The molecule has 0 saturated heterocycles. The maximum absolute atomic E-state index is 11.7. The Morgan fingerprint density at radius 1 is 1.00 bits per heavy atom. The quantitative estimate of drug-likeness (QED) is 0.419. The van der Waals surface area contributed by atoms with Crippen LogP contribution < -0.4 is 14.2 Å². The van der Waals surface area contributed by atoms with Crippen LogP contribution >= 0.6 is 0 Å². The van der Waals surface area contributed by atoms with E-state index < -0.39 is 0 Å². The van der Waals surface area contributed by atoms with Crippen LogP contribution in [-0.4, -0.2) is 26.8 Å². The number of methoxy groups -OCH3 is 2. The lowest BCUT2D eigenvalue weighted by Crippen LogP contribution is -2.09. The van der Waals surface area contributed by atoms with Gasteiger partial charge in [-0.15, -0.1) is 0 Å². The number of carbonyl (C=O) groups excluding carboxylic acids is 1. The van der Waals surface area contributed by atoms with Gasteiger partial charge in [-0.2, -0.15) is 0 Å². The highest BCUT2D eigenvalue weighted by atomic mass is 16.5. The van der Waals surface area contributed by atoms with Crippen LogP contribution in [0.1, 0.15) is 52.7 Å². The van der Waals surface area contributed by atoms with Gasteiger partial charge >= 0.3 is 5.97 Å². The van der Waals surface area contributed by atoms with E-state index in [4.69, 9.17) is 18.9 Å². The lowest BCUT2D eigenvalue weighted by molar-refractivity contribution is -0.141. The first-order valence-electron chi connectivity index (χ1n) is 11.8. The van der Waals surface area contributed by atoms with E-state index in [9.17, 15) is 4.79 Å². The first kappa shape index (κ1) is 22.3. The van der Waals surface area contributed by atoms with Crippen LogP contribution in [0, 0.1) is 13.8 Å². The van der Waals surface area contributed by atoms with E-state index in [1.807, 2.05) is 18.2 Å². The second kappa shape index (κ2) is 9.05. The number of benzene rings is 3. The summed E-state index contributed by atoms with van der Waals surface area (Å²) in [6.07, 6.45) is 2.24. The molecule has 1 aliphatic carbocycles. The molecule has 176 valence electrons. The first-order valence-corrected chi connectivity index (χ1v) is 11.8. The van der Waals surface area contributed by atoms with Crippen molar-refractivity contribution in [1.82, 2.24) is 0 Å². The highest BCUT2D eigenvalue weighted by molar-refractivity contribution is 5.76. The van der Waals surface area contributed by atoms with Crippen molar-refractivity contribution in [3.05, 3.63) is 76.3 Å². The standard InChI is InChI=1S/C29H30O5/c1-17-12-21(31-3)13-18(2)29(17)25-7-5-6-24-23(25)10-11-26(24)34-20-8-9-22-19(14-28(30)32-4)16-33-27(22)15-20/h5-9,12-13,15,19,26H,10-11,14,16H2,1-4H3. The fourth-order valence-electron chi connectivity index (χ4n) is 5.39. The number of esters is 1. The maximum atomic E-state index is 11.7. The minimum absolute atomic E-state index is 0.000806. The molecule has 0 aromatic heterocycles. The molecule has 0 radical (unpaired) electrons. The zero-order valence-corrected chi connectivity index (χ0v) is 20.1. The Hall–Kier alpha value is -3.47. The SMILES string of the molecule is COC(=O)CC1COc2cc(OC3CCc4c(-c5c(C)cc(OC)cc5C)cccc43)ccc21. The van der Waals surface area contributed by atoms with E-state index in [1.165, 1.54) is 40.5 Å². The number of aryl methyl sites for hydroxylation is 2. The van der Waals surface area contributed by atoms with Gasteiger partial charge in [0.15, 0.2) is 0 Å². The lowest BCUT2D eigenvalue weighted by Gasteiger charge is -2.18. The Morgan fingerprint density at radius 3 is 2.53 bits per heavy atom. The van der Waals surface area contributed by atoms with E-state index in [-0.39, 0.29) is 18.0 Å². The van der Waals surface area contributed by atoms with Crippen molar-refractivity contribution in [2.45, 2.75) is 45.1 Å². The number of ether oxygens (including phenoxy) is 4. The largest absolute Gasteiger partial charge is 0.497 e. The van der Waals surface area contributed by atoms with E-state index in [0.29, 0.717) is 13.0 Å². The Bertz CT molecular complexity index is 1220. The van der Waals surface area contributed by atoms with E-state index in [2.05, 4.69) is 44.2 Å². The minimum Gasteiger partial charge on any atom is -0.497 e. The second-order valence-corrected chi connectivity index (χ2v) is 9.14. The predicted octanol–water partition coefficient (Wildman–Crippen LogP) is 6.08. The topological polar surface area (TPSA) is 54.0 Å². The molecule has 0 fully saturated rings. The van der Waals surface area contributed by atoms with Gasteiger partial charge in [0.1, 0.15) is 23.4 Å². The molecule has 0 saturated carbocycles. The molecule has 2 aliphatic rings. The minimum atomic E-state index is -0.220. The van der Waals surface area contributed by atoms with Crippen LogP contribution in [0.15, 0.2) is 48.5 Å². The lowest BCUT2D eigenvalue weighted by atomic mass is 9.90. The van der Waals surface area contributed by atoms with Crippen molar-refractivity contribution in [2.24, 2.45) is 0 Å². The normalized spacial score (nSPS) is 18.1. The number of rotatable bonds is 6. The highest BCUT2D eigenvalue weighted by Gasteiger charge is 2.30. The summed E-state index contributed by atoms with van der Waals surface area (Å²) in [4.78, 5) is 11.7. The van der Waals surface area contributed by atoms with Crippen molar-refractivity contribution in [2.75, 3.05) is 20.8 Å². The average molecular weight is 459 g/mol. The molecule has 5 rings (SSSR count). The molecule has 3 aromatic rings. The van der Waals surface area contributed by atoms with Crippen LogP contribution in [0.5, 0.6) is 17.2 Å². The number of hydrogen-bond donors (Lipinski definition) is 0. The van der Waals surface area contributed by atoms with Crippen molar-refractivity contribution in [3.8, 4) is 28.4 Å². The molecule has 1 heterocycles. The average Bonchev–Trinajstić information content (AvgIpc) is 3.43. The fraction of sp³-hybridized carbons (Fsp3) is 0.345. The summed E-state index contributed by atoms with van der Waals surface area (Å²) in [5.74, 6) is 2.28. The predicted molar refractivity (Wildman–Crippen MR) is 131 cm³/mol. The van der Waals surface area contributed by atoms with Crippen LogP contribution in [0.2, 0.25) is 0 Å². The van der Waals surface area contributed by atoms with E-state index in [0.717, 1.165) is 35.7 Å². The van der Waals surface area contributed by atoms with Crippen molar-refractivity contribution in [3.63, 3.8) is 0 Å². The molecular weight excluding hydrogens is 428 g/mol. The summed E-state index contributed by atoms with van der Waals surface area (Å²) >= 11 is 0. The summed E-state index contributed by atoms with van der Waals surface area (Å²) < 4.78 is 22.6. The van der Waals surface area contributed by atoms with Crippen LogP contribution in [0.3, 0.4) is 0 Å². The molecule has 1 aliphatic heterocycles. The van der Waals surface area contributed by atoms with Gasteiger partial charge < -0.3 is 18.9 Å². The molecule has 2 unspecified atom stereocenters. The molecule has 5 heteroatoms. The molecule has 3 aromatic carbocycles. The van der Waals surface area contributed by atoms with Gasteiger partial charge in [0.25, 0.3) is 0 Å². The summed E-state index contributed by atoms with van der Waals surface area (Å²) in [5, 5.41) is 0. The summed E-state index contributed by atoms with van der Waals surface area (Å²) in [5.41, 5.74) is 8.64. The maximum Gasteiger partial charge on any atom is 0.306 e. The second-order valence-electron chi connectivity index (χ2n) is 9.14. The Kier molecular flexibility index (Phi) is 5.94. The number of carbonyl (C=O) groups is 1. The zero-order valence-electron chi connectivity index (χ0n) is 20.1. The Balaban J connectivity index is 1.40. The van der Waals surface area contributed by atoms with E-state index >= 15 is 0 Å². The van der Waals surface area contributed by atoms with Gasteiger partial charge in [0, 0.05) is 17.5 Å². The number of hydrogen-bond acceptors (Lipinski definition) is 5. The van der Waals surface area contributed by atoms with Gasteiger partial charge in [-0.05, 0) is 78.3 Å².